The van der Waals surface area contributed by atoms with Gasteiger partial charge < -0.3 is 18.9 Å². The molecule has 7 nitrogen and oxygen atoms in total. The van der Waals surface area contributed by atoms with Gasteiger partial charge in [0.1, 0.15) is 13.2 Å². The number of rotatable bonds is 10. The number of carbonyl (C=O) groups excluding carboxylic acids is 3. The van der Waals surface area contributed by atoms with Gasteiger partial charge in [0.25, 0.3) is 0 Å². The molecule has 0 spiro atoms. The summed E-state index contributed by atoms with van der Waals surface area (Å²) in [5.74, 6) is -0.0624. The van der Waals surface area contributed by atoms with Crippen molar-refractivity contribution in [2.75, 3.05) is 26.4 Å². The smallest absolute Gasteiger partial charge is 0.328 e. The topological polar surface area (TPSA) is 88.1 Å². The SMILES string of the molecule is C#CCOc1cc(C(=O)C(C(=O)OCC)C(=O)OCC)cc(Cl)c1OCC#C. The van der Waals surface area contributed by atoms with Crippen molar-refractivity contribution in [2.24, 2.45) is 5.92 Å². The molecular weight excluding hydrogens is 388 g/mol. The van der Waals surface area contributed by atoms with Crippen LogP contribution < -0.4 is 9.47 Å². The third-order valence-corrected chi connectivity index (χ3v) is 3.49. The summed E-state index contributed by atoms with van der Waals surface area (Å²) < 4.78 is 20.3. The van der Waals surface area contributed by atoms with Crippen molar-refractivity contribution < 1.29 is 33.3 Å². The van der Waals surface area contributed by atoms with Crippen LogP contribution in [0.4, 0.5) is 0 Å². The minimum Gasteiger partial charge on any atom is -0.477 e. The molecule has 0 aliphatic heterocycles. The Kier molecular flexibility index (Phi) is 9.42. The highest BCUT2D eigenvalue weighted by Gasteiger charge is 2.38. The fraction of sp³-hybridized carbons (Fsp3) is 0.350. The van der Waals surface area contributed by atoms with Gasteiger partial charge in [0.15, 0.2) is 17.3 Å². The molecule has 1 rings (SSSR count). The van der Waals surface area contributed by atoms with Crippen LogP contribution in [0.15, 0.2) is 12.1 Å². The van der Waals surface area contributed by atoms with E-state index in [1.807, 2.05) is 0 Å². The highest BCUT2D eigenvalue weighted by atomic mass is 35.5. The Bertz CT molecular complexity index is 799. The summed E-state index contributed by atoms with van der Waals surface area (Å²) >= 11 is 6.17. The number of Topliss-reactive ketones (excluding diaryl/α,β-unsaturated/α-hetero) is 1. The van der Waals surface area contributed by atoms with Gasteiger partial charge in [0.05, 0.1) is 18.2 Å². The number of hydrogen-bond donors (Lipinski definition) is 0. The highest BCUT2D eigenvalue weighted by Crippen LogP contribution is 2.37. The lowest BCUT2D eigenvalue weighted by Gasteiger charge is -2.16. The van der Waals surface area contributed by atoms with Gasteiger partial charge in [-0.2, -0.15) is 0 Å². The van der Waals surface area contributed by atoms with E-state index in [0.717, 1.165) is 0 Å². The molecule has 0 unspecified atom stereocenters. The van der Waals surface area contributed by atoms with Crippen molar-refractivity contribution in [3.8, 4) is 36.2 Å². The number of esters is 2. The molecule has 1 aromatic rings. The van der Waals surface area contributed by atoms with Crippen LogP contribution in [-0.4, -0.2) is 44.1 Å². The number of carbonyl (C=O) groups is 3. The predicted octanol–water partition coefficient (Wildman–Crippen LogP) is 2.29. The van der Waals surface area contributed by atoms with E-state index in [0.29, 0.717) is 0 Å². The summed E-state index contributed by atoms with van der Waals surface area (Å²) in [6.07, 6.45) is 10.4. The molecule has 0 atom stereocenters. The van der Waals surface area contributed by atoms with Crippen LogP contribution in [0.3, 0.4) is 0 Å². The molecule has 0 aliphatic rings. The fourth-order valence-corrected chi connectivity index (χ4v) is 2.38. The molecule has 0 amide bonds. The molecule has 0 N–H and O–H groups in total. The number of ketones is 1. The van der Waals surface area contributed by atoms with Crippen molar-refractivity contribution in [2.45, 2.75) is 13.8 Å². The molecule has 0 saturated heterocycles. The first kappa shape index (κ1) is 22.9. The van der Waals surface area contributed by atoms with E-state index < -0.39 is 23.6 Å². The Morgan fingerprint density at radius 3 is 2.04 bits per heavy atom. The Labute approximate surface area is 168 Å². The minimum atomic E-state index is -1.80. The highest BCUT2D eigenvalue weighted by molar-refractivity contribution is 6.33. The van der Waals surface area contributed by atoms with Gasteiger partial charge in [-0.05, 0) is 26.0 Å². The van der Waals surface area contributed by atoms with Crippen molar-refractivity contribution in [3.63, 3.8) is 0 Å². The van der Waals surface area contributed by atoms with Crippen molar-refractivity contribution in [3.05, 3.63) is 22.7 Å². The van der Waals surface area contributed by atoms with Gasteiger partial charge in [-0.25, -0.2) is 0 Å². The number of ether oxygens (including phenoxy) is 4. The lowest BCUT2D eigenvalue weighted by Crippen LogP contribution is -2.35. The first-order valence-corrected chi connectivity index (χ1v) is 8.62. The lowest BCUT2D eigenvalue weighted by atomic mass is 9.97. The summed E-state index contributed by atoms with van der Waals surface area (Å²) in [5.41, 5.74) is -0.0869. The summed E-state index contributed by atoms with van der Waals surface area (Å²) in [6.45, 7) is 2.82. The van der Waals surface area contributed by atoms with E-state index in [4.69, 9.17) is 43.4 Å². The Morgan fingerprint density at radius 1 is 1.00 bits per heavy atom. The molecule has 0 fully saturated rings. The standard InChI is InChI=1S/C20H19ClO7/c1-5-9-27-15-12-13(11-14(21)18(15)28-10-6-2)17(22)16(19(23)25-7-3)20(24)26-8-4/h1-2,11-12,16H,7-10H2,3-4H3. The van der Waals surface area contributed by atoms with Gasteiger partial charge in [0.2, 0.25) is 5.92 Å². The Morgan fingerprint density at radius 2 is 1.54 bits per heavy atom. The molecule has 0 aromatic heterocycles. The monoisotopic (exact) mass is 406 g/mol. The van der Waals surface area contributed by atoms with Crippen LogP contribution in [0.1, 0.15) is 24.2 Å². The molecule has 8 heteroatoms. The zero-order valence-corrected chi connectivity index (χ0v) is 16.2. The summed E-state index contributed by atoms with van der Waals surface area (Å²) in [6, 6.07) is 2.48. The minimum absolute atomic E-state index is 0.0143. The average molecular weight is 407 g/mol. The quantitative estimate of drug-likeness (QED) is 0.255. The maximum atomic E-state index is 12.9. The van der Waals surface area contributed by atoms with Gasteiger partial charge >= 0.3 is 11.9 Å². The lowest BCUT2D eigenvalue weighted by molar-refractivity contribution is -0.158. The second kappa shape index (κ2) is 11.5. The number of halogens is 1. The van der Waals surface area contributed by atoms with Crippen LogP contribution in [0.25, 0.3) is 0 Å². The first-order chi connectivity index (χ1) is 13.4. The van der Waals surface area contributed by atoms with Crippen LogP contribution in [0.2, 0.25) is 5.02 Å². The molecule has 1 aromatic carbocycles. The second-order valence-corrected chi connectivity index (χ2v) is 5.48. The maximum absolute atomic E-state index is 12.9. The summed E-state index contributed by atoms with van der Waals surface area (Å²) in [5, 5.41) is -0.0143. The Balaban J connectivity index is 3.37. The van der Waals surface area contributed by atoms with Crippen LogP contribution in [-0.2, 0) is 19.1 Å². The average Bonchev–Trinajstić information content (AvgIpc) is 2.65. The van der Waals surface area contributed by atoms with Gasteiger partial charge in [-0.1, -0.05) is 23.4 Å². The zero-order chi connectivity index (χ0) is 21.1. The van der Waals surface area contributed by atoms with E-state index in [1.165, 1.54) is 12.1 Å². The van der Waals surface area contributed by atoms with Gasteiger partial charge in [0, 0.05) is 5.56 Å². The van der Waals surface area contributed by atoms with E-state index >= 15 is 0 Å². The molecule has 148 valence electrons. The third-order valence-electron chi connectivity index (χ3n) is 3.21. The molecule has 0 bridgehead atoms. The normalized spacial score (nSPS) is 9.79. The predicted molar refractivity (Wildman–Crippen MR) is 101 cm³/mol. The largest absolute Gasteiger partial charge is 0.477 e. The van der Waals surface area contributed by atoms with Crippen molar-refractivity contribution in [1.29, 1.82) is 0 Å². The summed E-state index contributed by atoms with van der Waals surface area (Å²) in [4.78, 5) is 37.1. The number of hydrogen-bond acceptors (Lipinski definition) is 7. The first-order valence-electron chi connectivity index (χ1n) is 8.24. The van der Waals surface area contributed by atoms with Crippen LogP contribution in [0, 0.1) is 30.6 Å². The maximum Gasteiger partial charge on any atom is 0.328 e. The molecule has 0 aliphatic carbocycles. The molecule has 0 saturated carbocycles. The summed E-state index contributed by atoms with van der Waals surface area (Å²) in [7, 11) is 0. The zero-order valence-electron chi connectivity index (χ0n) is 15.5. The van der Waals surface area contributed by atoms with Crippen LogP contribution in [0.5, 0.6) is 11.5 Å². The van der Waals surface area contributed by atoms with Crippen molar-refractivity contribution >= 4 is 29.3 Å². The number of benzene rings is 1. The van der Waals surface area contributed by atoms with Crippen molar-refractivity contribution in [1.82, 2.24) is 0 Å². The van der Waals surface area contributed by atoms with Gasteiger partial charge in [-0.3, -0.25) is 14.4 Å². The van der Waals surface area contributed by atoms with E-state index in [-0.39, 0.29) is 48.5 Å². The third kappa shape index (κ3) is 5.94. The molecular formula is C20H19ClO7. The molecule has 28 heavy (non-hydrogen) atoms. The van der Waals surface area contributed by atoms with E-state index in [2.05, 4.69) is 11.8 Å². The van der Waals surface area contributed by atoms with E-state index in [1.54, 1.807) is 13.8 Å². The van der Waals surface area contributed by atoms with E-state index in [9.17, 15) is 14.4 Å². The van der Waals surface area contributed by atoms with Crippen LogP contribution >= 0.6 is 11.6 Å². The fourth-order valence-electron chi connectivity index (χ4n) is 2.12. The second-order valence-electron chi connectivity index (χ2n) is 5.07. The molecule has 0 radical (unpaired) electrons. The van der Waals surface area contributed by atoms with Gasteiger partial charge in [-0.15, -0.1) is 12.8 Å². The molecule has 0 heterocycles. The number of terminal acetylenes is 2. The Hall–Kier alpha value is -3.16.